The molecule has 4 N–H and O–H groups in total. The Morgan fingerprint density at radius 2 is 1.93 bits per heavy atom. The SMILES string of the molecule is CC(C(=O)N(C)CCCC1CC(c2cccc(F)c2)NN1)C(N)c1ccccc1.Cl. The highest BCUT2D eigenvalue weighted by atomic mass is 35.5. The van der Waals surface area contributed by atoms with Crippen molar-refractivity contribution in [1.29, 1.82) is 0 Å². The zero-order valence-electron chi connectivity index (χ0n) is 17.6. The van der Waals surface area contributed by atoms with E-state index >= 15 is 0 Å². The molecule has 2 aromatic carbocycles. The summed E-state index contributed by atoms with van der Waals surface area (Å²) in [6.45, 7) is 2.58. The van der Waals surface area contributed by atoms with Crippen molar-refractivity contribution in [2.75, 3.05) is 13.6 Å². The third-order valence-corrected chi connectivity index (χ3v) is 5.77. The van der Waals surface area contributed by atoms with E-state index in [9.17, 15) is 9.18 Å². The number of nitrogens with two attached hydrogens (primary N) is 1. The number of hydrazine groups is 1. The largest absolute Gasteiger partial charge is 0.345 e. The van der Waals surface area contributed by atoms with Gasteiger partial charge in [0.2, 0.25) is 5.91 Å². The summed E-state index contributed by atoms with van der Waals surface area (Å²) in [5, 5.41) is 0. The topological polar surface area (TPSA) is 70.4 Å². The molecule has 0 spiro atoms. The second-order valence-electron chi connectivity index (χ2n) is 7.96. The molecule has 0 radical (unpaired) electrons. The quantitative estimate of drug-likeness (QED) is 0.592. The fourth-order valence-corrected chi connectivity index (χ4v) is 3.90. The fourth-order valence-electron chi connectivity index (χ4n) is 3.90. The Balaban J connectivity index is 0.00000320. The molecule has 1 fully saturated rings. The van der Waals surface area contributed by atoms with E-state index in [1.165, 1.54) is 6.07 Å². The number of benzene rings is 2. The number of rotatable bonds is 8. The van der Waals surface area contributed by atoms with Crippen molar-refractivity contribution in [1.82, 2.24) is 15.8 Å². The first-order valence-electron chi connectivity index (χ1n) is 10.3. The minimum Gasteiger partial charge on any atom is -0.345 e. The van der Waals surface area contributed by atoms with Crippen LogP contribution in [0.2, 0.25) is 0 Å². The van der Waals surface area contributed by atoms with Crippen LogP contribution in [0, 0.1) is 11.7 Å². The van der Waals surface area contributed by atoms with E-state index in [-0.39, 0.29) is 42.1 Å². The Bertz CT molecular complexity index is 807. The summed E-state index contributed by atoms with van der Waals surface area (Å²) < 4.78 is 13.4. The average Bonchev–Trinajstić information content (AvgIpc) is 3.21. The van der Waals surface area contributed by atoms with Gasteiger partial charge in [0.25, 0.3) is 0 Å². The number of carbonyl (C=O) groups is 1. The van der Waals surface area contributed by atoms with Crippen molar-refractivity contribution in [3.8, 4) is 0 Å². The summed E-state index contributed by atoms with van der Waals surface area (Å²) in [6.07, 6.45) is 2.73. The van der Waals surface area contributed by atoms with Gasteiger partial charge in [-0.15, -0.1) is 12.4 Å². The van der Waals surface area contributed by atoms with Crippen molar-refractivity contribution in [3.05, 3.63) is 71.5 Å². The van der Waals surface area contributed by atoms with Gasteiger partial charge in [0.15, 0.2) is 0 Å². The van der Waals surface area contributed by atoms with Gasteiger partial charge in [-0.1, -0.05) is 49.4 Å². The van der Waals surface area contributed by atoms with Crippen molar-refractivity contribution >= 4 is 18.3 Å². The van der Waals surface area contributed by atoms with Crippen LogP contribution in [-0.4, -0.2) is 30.4 Å². The molecule has 4 unspecified atom stereocenters. The monoisotopic (exact) mass is 434 g/mol. The number of halogens is 2. The molecule has 0 saturated carbocycles. The van der Waals surface area contributed by atoms with Gasteiger partial charge in [0.05, 0.1) is 5.92 Å². The number of nitrogens with zero attached hydrogens (tertiary/aromatic N) is 1. The predicted molar refractivity (Wildman–Crippen MR) is 120 cm³/mol. The Morgan fingerprint density at radius 1 is 1.20 bits per heavy atom. The normalized spacial score (nSPS) is 20.3. The molecule has 1 amide bonds. The fraction of sp³-hybridized carbons (Fsp3) is 0.435. The van der Waals surface area contributed by atoms with Crippen LogP contribution in [0.15, 0.2) is 54.6 Å². The standard InChI is InChI=1S/C23H31FN4O.ClH/c1-16(22(25)17-8-4-3-5-9-17)23(29)28(2)13-7-12-20-15-21(27-26-20)18-10-6-11-19(24)14-18;/h3-6,8-11,14,16,20-22,26-27H,7,12-13,15,25H2,1-2H3;1H. The van der Waals surface area contributed by atoms with Crippen LogP contribution in [-0.2, 0) is 4.79 Å². The van der Waals surface area contributed by atoms with E-state index in [0.29, 0.717) is 12.6 Å². The van der Waals surface area contributed by atoms with Crippen molar-refractivity contribution < 1.29 is 9.18 Å². The maximum Gasteiger partial charge on any atom is 0.227 e. The molecule has 0 aromatic heterocycles. The highest BCUT2D eigenvalue weighted by Crippen LogP contribution is 2.25. The Hall–Kier alpha value is -1.99. The molecule has 164 valence electrons. The van der Waals surface area contributed by atoms with Gasteiger partial charge in [0.1, 0.15) is 5.82 Å². The second kappa shape index (κ2) is 11.4. The van der Waals surface area contributed by atoms with E-state index in [1.54, 1.807) is 17.0 Å². The minimum absolute atomic E-state index is 0. The van der Waals surface area contributed by atoms with Crippen LogP contribution in [0.5, 0.6) is 0 Å². The van der Waals surface area contributed by atoms with Crippen LogP contribution in [0.3, 0.4) is 0 Å². The maximum absolute atomic E-state index is 13.4. The summed E-state index contributed by atoms with van der Waals surface area (Å²) in [6, 6.07) is 16.6. The van der Waals surface area contributed by atoms with Gasteiger partial charge in [0, 0.05) is 31.7 Å². The maximum atomic E-state index is 13.4. The van der Waals surface area contributed by atoms with Crippen LogP contribution < -0.4 is 16.6 Å². The smallest absolute Gasteiger partial charge is 0.227 e. The van der Waals surface area contributed by atoms with Gasteiger partial charge < -0.3 is 10.6 Å². The summed E-state index contributed by atoms with van der Waals surface area (Å²) >= 11 is 0. The van der Waals surface area contributed by atoms with Crippen molar-refractivity contribution in [2.45, 2.75) is 44.3 Å². The number of hydrogen-bond acceptors (Lipinski definition) is 4. The molecule has 1 aliphatic rings. The van der Waals surface area contributed by atoms with Crippen molar-refractivity contribution in [2.24, 2.45) is 11.7 Å². The first-order chi connectivity index (χ1) is 14.0. The van der Waals surface area contributed by atoms with Gasteiger partial charge in [-0.05, 0) is 42.5 Å². The van der Waals surface area contributed by atoms with Gasteiger partial charge >= 0.3 is 0 Å². The molecular weight excluding hydrogens is 403 g/mol. The third kappa shape index (κ3) is 6.25. The molecule has 1 aliphatic heterocycles. The first-order valence-corrected chi connectivity index (χ1v) is 10.3. The molecular formula is C23H32ClFN4O. The lowest BCUT2D eigenvalue weighted by Gasteiger charge is -2.26. The highest BCUT2D eigenvalue weighted by Gasteiger charge is 2.27. The average molecular weight is 435 g/mol. The van der Waals surface area contributed by atoms with Gasteiger partial charge in [-0.2, -0.15) is 0 Å². The summed E-state index contributed by atoms with van der Waals surface area (Å²) in [7, 11) is 1.84. The molecule has 0 bridgehead atoms. The molecule has 30 heavy (non-hydrogen) atoms. The van der Waals surface area contributed by atoms with Crippen LogP contribution in [0.4, 0.5) is 4.39 Å². The van der Waals surface area contributed by atoms with E-state index in [2.05, 4.69) is 10.9 Å². The molecule has 4 atom stereocenters. The highest BCUT2D eigenvalue weighted by molar-refractivity contribution is 5.85. The predicted octanol–water partition coefficient (Wildman–Crippen LogP) is 3.73. The van der Waals surface area contributed by atoms with Crippen LogP contribution in [0.1, 0.15) is 49.4 Å². The lowest BCUT2D eigenvalue weighted by atomic mass is 9.94. The molecule has 3 rings (SSSR count). The van der Waals surface area contributed by atoms with E-state index in [4.69, 9.17) is 5.73 Å². The molecule has 1 heterocycles. The Morgan fingerprint density at radius 3 is 2.63 bits per heavy atom. The molecule has 0 aliphatic carbocycles. The van der Waals surface area contributed by atoms with E-state index in [1.807, 2.05) is 50.4 Å². The third-order valence-electron chi connectivity index (χ3n) is 5.77. The van der Waals surface area contributed by atoms with E-state index < -0.39 is 0 Å². The zero-order valence-corrected chi connectivity index (χ0v) is 18.4. The minimum atomic E-state index is -0.307. The Labute approximate surface area is 184 Å². The molecule has 7 heteroatoms. The summed E-state index contributed by atoms with van der Waals surface area (Å²) in [5.74, 6) is -0.418. The number of hydrogen-bond donors (Lipinski definition) is 3. The molecule has 5 nitrogen and oxygen atoms in total. The lowest BCUT2D eigenvalue weighted by Crippen LogP contribution is -2.38. The van der Waals surface area contributed by atoms with E-state index in [0.717, 1.165) is 30.4 Å². The summed E-state index contributed by atoms with van der Waals surface area (Å²) in [4.78, 5) is 14.5. The van der Waals surface area contributed by atoms with Gasteiger partial charge in [-0.3, -0.25) is 15.6 Å². The van der Waals surface area contributed by atoms with Crippen LogP contribution in [0.25, 0.3) is 0 Å². The van der Waals surface area contributed by atoms with Gasteiger partial charge in [-0.25, -0.2) is 4.39 Å². The zero-order chi connectivity index (χ0) is 20.8. The van der Waals surface area contributed by atoms with Crippen LogP contribution >= 0.6 is 12.4 Å². The summed E-state index contributed by atoms with van der Waals surface area (Å²) in [5.41, 5.74) is 14.8. The lowest BCUT2D eigenvalue weighted by molar-refractivity contribution is -0.134. The Kier molecular flexibility index (Phi) is 9.24. The number of nitrogens with one attached hydrogen (secondary N) is 2. The first kappa shape index (κ1) is 24.3. The number of carbonyl (C=O) groups excluding carboxylic acids is 1. The molecule has 1 saturated heterocycles. The van der Waals surface area contributed by atoms with Crippen molar-refractivity contribution in [3.63, 3.8) is 0 Å². The molecule has 2 aromatic rings. The number of amides is 1. The second-order valence-corrected chi connectivity index (χ2v) is 7.96.